The van der Waals surface area contributed by atoms with Crippen LogP contribution in [0.1, 0.15) is 76.3 Å². The highest BCUT2D eigenvalue weighted by atomic mass is 16.5. The van der Waals surface area contributed by atoms with Gasteiger partial charge in [-0.3, -0.25) is 9.59 Å². The number of allylic oxidation sites excluding steroid dienone is 2. The molecule has 0 spiro atoms. The summed E-state index contributed by atoms with van der Waals surface area (Å²) in [5, 5.41) is 0. The highest BCUT2D eigenvalue weighted by molar-refractivity contribution is 5.60. The van der Waals surface area contributed by atoms with Crippen molar-refractivity contribution < 1.29 is 19.1 Å². The van der Waals surface area contributed by atoms with Crippen LogP contribution in [0.3, 0.4) is 0 Å². The van der Waals surface area contributed by atoms with Crippen LogP contribution in [-0.4, -0.2) is 12.9 Å². The Morgan fingerprint density at radius 1 is 1.08 bits per heavy atom. The van der Waals surface area contributed by atoms with Gasteiger partial charge in [-0.05, 0) is 56.2 Å². The van der Waals surface area contributed by atoms with Crippen LogP contribution in [0.15, 0.2) is 23.8 Å². The van der Waals surface area contributed by atoms with Gasteiger partial charge >= 0.3 is 0 Å². The van der Waals surface area contributed by atoms with Gasteiger partial charge in [0.2, 0.25) is 0 Å². The quantitative estimate of drug-likeness (QED) is 0.322. The van der Waals surface area contributed by atoms with E-state index in [1.54, 1.807) is 0 Å². The third-order valence-corrected chi connectivity index (χ3v) is 5.32. The van der Waals surface area contributed by atoms with Gasteiger partial charge in [-0.25, -0.2) is 0 Å². The zero-order valence-electron chi connectivity index (χ0n) is 16.1. The van der Waals surface area contributed by atoms with E-state index in [1.165, 1.54) is 5.57 Å². The molecule has 0 bridgehead atoms. The molecule has 26 heavy (non-hydrogen) atoms. The maximum atomic E-state index is 11.1. The number of rotatable bonds is 10. The van der Waals surface area contributed by atoms with Gasteiger partial charge in [-0.1, -0.05) is 44.8 Å². The molecule has 0 aromatic heterocycles. The van der Waals surface area contributed by atoms with Crippen LogP contribution in [0.5, 0.6) is 11.5 Å². The first-order valence-corrected chi connectivity index (χ1v) is 9.69. The Hall–Kier alpha value is -2.10. The lowest BCUT2D eigenvalue weighted by atomic mass is 9.75. The zero-order valence-corrected chi connectivity index (χ0v) is 16.1. The van der Waals surface area contributed by atoms with Crippen molar-refractivity contribution in [2.75, 3.05) is 0 Å². The average Bonchev–Trinajstić information content (AvgIpc) is 2.62. The van der Waals surface area contributed by atoms with Crippen LogP contribution in [0.4, 0.5) is 0 Å². The molecule has 1 aromatic carbocycles. The molecular formula is C22H30O4. The highest BCUT2D eigenvalue weighted by Gasteiger charge is 2.30. The maximum absolute atomic E-state index is 11.1. The van der Waals surface area contributed by atoms with E-state index in [0.29, 0.717) is 30.4 Å². The number of carbonyl (C=O) groups excluding carboxylic acids is 2. The molecule has 4 nitrogen and oxygen atoms in total. The van der Waals surface area contributed by atoms with Gasteiger partial charge in [0.25, 0.3) is 12.9 Å². The Labute approximate surface area is 156 Å². The van der Waals surface area contributed by atoms with E-state index < -0.39 is 0 Å². The predicted octanol–water partition coefficient (Wildman–Crippen LogP) is 5.34. The summed E-state index contributed by atoms with van der Waals surface area (Å²) in [4.78, 5) is 22.2. The molecule has 0 saturated carbocycles. The summed E-state index contributed by atoms with van der Waals surface area (Å²) in [7, 11) is 0. The van der Waals surface area contributed by atoms with Crippen molar-refractivity contribution in [1.82, 2.24) is 0 Å². The molecule has 2 rings (SSSR count). The molecular weight excluding hydrogens is 328 g/mol. The normalized spacial score (nSPS) is 19.6. The molecule has 0 fully saturated rings. The number of hydrogen-bond donors (Lipinski definition) is 0. The fraction of sp³-hybridized carbons (Fsp3) is 0.545. The van der Waals surface area contributed by atoms with E-state index in [-0.39, 0.29) is 5.92 Å². The molecule has 0 unspecified atom stereocenters. The van der Waals surface area contributed by atoms with Gasteiger partial charge in [0.1, 0.15) is 11.5 Å². The minimum Gasteiger partial charge on any atom is -0.428 e. The summed E-state index contributed by atoms with van der Waals surface area (Å²) >= 11 is 0. The first-order chi connectivity index (χ1) is 12.6. The van der Waals surface area contributed by atoms with Crippen LogP contribution < -0.4 is 9.47 Å². The second-order valence-electron chi connectivity index (χ2n) is 7.14. The van der Waals surface area contributed by atoms with E-state index in [4.69, 9.17) is 9.47 Å². The highest BCUT2D eigenvalue weighted by Crippen LogP contribution is 2.46. The van der Waals surface area contributed by atoms with Crippen molar-refractivity contribution in [1.29, 1.82) is 0 Å². The van der Waals surface area contributed by atoms with Crippen LogP contribution >= 0.6 is 0 Å². The zero-order chi connectivity index (χ0) is 18.9. The third kappa shape index (κ3) is 4.96. The summed E-state index contributed by atoms with van der Waals surface area (Å²) in [6.45, 7) is 7.37. The smallest absolute Gasteiger partial charge is 0.298 e. The van der Waals surface area contributed by atoms with Crippen molar-refractivity contribution >= 4 is 12.9 Å². The molecule has 1 aromatic rings. The SMILES string of the molecule is CCCCCc1cc(OC=O)c([C@@H]2C=C(C)CC[C@H]2CC)c(OC=O)c1. The number of ether oxygens (including phenoxy) is 2. The molecule has 0 amide bonds. The molecule has 0 saturated heterocycles. The Bertz CT molecular complexity index is 617. The van der Waals surface area contributed by atoms with Crippen LogP contribution in [0.2, 0.25) is 0 Å². The topological polar surface area (TPSA) is 52.6 Å². The largest absolute Gasteiger partial charge is 0.428 e. The minimum atomic E-state index is 0.0864. The maximum Gasteiger partial charge on any atom is 0.298 e. The molecule has 0 radical (unpaired) electrons. The van der Waals surface area contributed by atoms with Gasteiger partial charge in [0.05, 0.1) is 0 Å². The number of aryl methyl sites for hydroxylation is 1. The molecule has 4 heteroatoms. The van der Waals surface area contributed by atoms with E-state index in [2.05, 4.69) is 26.8 Å². The fourth-order valence-corrected chi connectivity index (χ4v) is 3.90. The summed E-state index contributed by atoms with van der Waals surface area (Å²) in [5.74, 6) is 1.55. The number of carbonyl (C=O) groups is 2. The molecule has 1 aliphatic rings. The second kappa shape index (κ2) is 10.1. The Morgan fingerprint density at radius 3 is 2.27 bits per heavy atom. The minimum absolute atomic E-state index is 0.0864. The summed E-state index contributed by atoms with van der Waals surface area (Å²) in [6, 6.07) is 3.86. The van der Waals surface area contributed by atoms with Gasteiger partial charge in [-0.15, -0.1) is 0 Å². The first kappa shape index (κ1) is 20.2. The number of unbranched alkanes of at least 4 members (excludes halogenated alkanes) is 2. The van der Waals surface area contributed by atoms with Crippen molar-refractivity contribution in [3.05, 3.63) is 34.9 Å². The summed E-state index contributed by atoms with van der Waals surface area (Å²) in [6.07, 6.45) is 9.62. The van der Waals surface area contributed by atoms with Crippen molar-refractivity contribution in [3.8, 4) is 11.5 Å². The predicted molar refractivity (Wildman–Crippen MR) is 103 cm³/mol. The van der Waals surface area contributed by atoms with Gasteiger partial charge in [0.15, 0.2) is 0 Å². The van der Waals surface area contributed by atoms with Gasteiger partial charge in [0, 0.05) is 11.5 Å². The van der Waals surface area contributed by atoms with E-state index in [1.807, 2.05) is 12.1 Å². The van der Waals surface area contributed by atoms with Crippen LogP contribution in [0.25, 0.3) is 0 Å². The molecule has 142 valence electrons. The standard InChI is InChI=1S/C22H30O4/c1-4-6-7-8-17-12-20(25-14-23)22(21(13-17)26-15-24)19-11-16(3)9-10-18(19)5-2/h11-15,18-19H,4-10H2,1-3H3/t18-,19-/m1/s1. The molecule has 1 aliphatic carbocycles. The Morgan fingerprint density at radius 2 is 1.73 bits per heavy atom. The second-order valence-corrected chi connectivity index (χ2v) is 7.14. The van der Waals surface area contributed by atoms with Gasteiger partial charge < -0.3 is 9.47 Å². The first-order valence-electron chi connectivity index (χ1n) is 9.69. The van der Waals surface area contributed by atoms with Crippen molar-refractivity contribution in [3.63, 3.8) is 0 Å². The van der Waals surface area contributed by atoms with Crippen LogP contribution in [0, 0.1) is 5.92 Å². The lowest BCUT2D eigenvalue weighted by Crippen LogP contribution is -2.17. The third-order valence-electron chi connectivity index (χ3n) is 5.32. The van der Waals surface area contributed by atoms with E-state index in [9.17, 15) is 9.59 Å². The average molecular weight is 358 g/mol. The van der Waals surface area contributed by atoms with E-state index in [0.717, 1.165) is 56.1 Å². The lowest BCUT2D eigenvalue weighted by molar-refractivity contribution is -0.121. The lowest BCUT2D eigenvalue weighted by Gasteiger charge is -2.31. The summed E-state index contributed by atoms with van der Waals surface area (Å²) < 4.78 is 10.7. The molecule has 2 atom stereocenters. The van der Waals surface area contributed by atoms with Crippen molar-refractivity contribution in [2.24, 2.45) is 5.92 Å². The molecule has 0 heterocycles. The monoisotopic (exact) mass is 358 g/mol. The Kier molecular flexibility index (Phi) is 7.89. The fourth-order valence-electron chi connectivity index (χ4n) is 3.90. The molecule has 0 N–H and O–H groups in total. The van der Waals surface area contributed by atoms with E-state index >= 15 is 0 Å². The summed E-state index contributed by atoms with van der Waals surface area (Å²) in [5.41, 5.74) is 3.16. The molecule has 0 aliphatic heterocycles. The van der Waals surface area contributed by atoms with Gasteiger partial charge in [-0.2, -0.15) is 0 Å². The number of benzene rings is 1. The van der Waals surface area contributed by atoms with Crippen molar-refractivity contribution in [2.45, 2.75) is 71.6 Å². The van der Waals surface area contributed by atoms with Crippen LogP contribution in [-0.2, 0) is 16.0 Å². The Balaban J connectivity index is 2.51. The number of hydrogen-bond acceptors (Lipinski definition) is 4.